The van der Waals surface area contributed by atoms with Gasteiger partial charge in [0, 0.05) is 19.7 Å². The normalized spacial score (nSPS) is 11.9. The molecule has 0 radical (unpaired) electrons. The van der Waals surface area contributed by atoms with Crippen molar-refractivity contribution in [1.82, 2.24) is 19.5 Å². The number of nitrogen functional groups attached to an aromatic ring is 1. The highest BCUT2D eigenvalue weighted by atomic mass is 32.2. The van der Waals surface area contributed by atoms with Crippen molar-refractivity contribution in [3.63, 3.8) is 0 Å². The molecule has 0 spiro atoms. The maximum Gasteiger partial charge on any atom is 0.246 e. The third kappa shape index (κ3) is 2.93. The average molecular weight is 285 g/mol. The molecule has 0 unspecified atom stereocenters. The summed E-state index contributed by atoms with van der Waals surface area (Å²) < 4.78 is 33.0. The van der Waals surface area contributed by atoms with Crippen molar-refractivity contribution in [2.24, 2.45) is 7.05 Å². The number of aromatic nitrogens is 3. The molecule has 0 saturated carbocycles. The first-order valence-corrected chi connectivity index (χ1v) is 7.13. The molecule has 0 bridgehead atoms. The molecule has 0 fully saturated rings. The van der Waals surface area contributed by atoms with Crippen molar-refractivity contribution in [3.05, 3.63) is 24.0 Å². The minimum atomic E-state index is -3.72. The number of hydrogen-bond donors (Lipinski definition) is 2. The Bertz CT molecular complexity index is 673. The van der Waals surface area contributed by atoms with Gasteiger partial charge < -0.3 is 10.2 Å². The standard InChI is InChI=1S/C10H15N5O3S/c1-3-7-4-12-9(18-7)5-13-19(16,17)8-6-15(2)14-10(8)11/h4,6,13H,3,5H2,1-2H3,(H2,11,14). The Morgan fingerprint density at radius 3 is 2.79 bits per heavy atom. The van der Waals surface area contributed by atoms with Crippen LogP contribution in [0, 0.1) is 0 Å². The van der Waals surface area contributed by atoms with Gasteiger partial charge in [-0.15, -0.1) is 0 Å². The molecule has 0 atom stereocenters. The van der Waals surface area contributed by atoms with Gasteiger partial charge in [-0.3, -0.25) is 4.68 Å². The Kier molecular flexibility index (Phi) is 3.58. The number of sulfonamides is 1. The largest absolute Gasteiger partial charge is 0.444 e. The Labute approximate surface area is 110 Å². The van der Waals surface area contributed by atoms with E-state index in [1.165, 1.54) is 10.9 Å². The van der Waals surface area contributed by atoms with E-state index in [-0.39, 0.29) is 17.3 Å². The van der Waals surface area contributed by atoms with E-state index in [9.17, 15) is 8.42 Å². The quantitative estimate of drug-likeness (QED) is 0.800. The van der Waals surface area contributed by atoms with E-state index in [4.69, 9.17) is 10.2 Å². The maximum absolute atomic E-state index is 12.0. The first-order chi connectivity index (χ1) is 8.92. The summed E-state index contributed by atoms with van der Waals surface area (Å²) in [7, 11) is -2.13. The number of nitrogens with zero attached hydrogens (tertiary/aromatic N) is 3. The number of anilines is 1. The predicted octanol–water partition coefficient (Wildman–Crippen LogP) is 0.0312. The van der Waals surface area contributed by atoms with E-state index in [0.29, 0.717) is 18.1 Å². The summed E-state index contributed by atoms with van der Waals surface area (Å²) in [5.41, 5.74) is 5.53. The lowest BCUT2D eigenvalue weighted by Gasteiger charge is -2.02. The molecule has 3 N–H and O–H groups in total. The van der Waals surface area contributed by atoms with Gasteiger partial charge in [0.1, 0.15) is 10.7 Å². The number of nitrogens with two attached hydrogens (primary N) is 1. The van der Waals surface area contributed by atoms with Gasteiger partial charge >= 0.3 is 0 Å². The summed E-state index contributed by atoms with van der Waals surface area (Å²) in [6.45, 7) is 1.89. The Morgan fingerprint density at radius 2 is 2.26 bits per heavy atom. The van der Waals surface area contributed by atoms with Crippen LogP contribution in [0.15, 0.2) is 21.7 Å². The highest BCUT2D eigenvalue weighted by Crippen LogP contribution is 2.15. The van der Waals surface area contributed by atoms with Crippen molar-refractivity contribution in [1.29, 1.82) is 0 Å². The second-order valence-corrected chi connectivity index (χ2v) is 5.69. The van der Waals surface area contributed by atoms with Crippen LogP contribution in [-0.4, -0.2) is 23.2 Å². The molecule has 19 heavy (non-hydrogen) atoms. The fourth-order valence-corrected chi connectivity index (χ4v) is 2.60. The minimum absolute atomic E-state index is 0.0311. The fourth-order valence-electron chi connectivity index (χ4n) is 1.52. The second-order valence-electron chi connectivity index (χ2n) is 3.95. The first-order valence-electron chi connectivity index (χ1n) is 5.64. The van der Waals surface area contributed by atoms with Gasteiger partial charge in [-0.1, -0.05) is 6.92 Å². The molecule has 2 rings (SSSR count). The topological polar surface area (TPSA) is 116 Å². The smallest absolute Gasteiger partial charge is 0.246 e. The van der Waals surface area contributed by atoms with E-state index in [0.717, 1.165) is 0 Å². The van der Waals surface area contributed by atoms with E-state index in [1.54, 1.807) is 13.2 Å². The number of rotatable bonds is 5. The molecule has 9 heteroatoms. The lowest BCUT2D eigenvalue weighted by Crippen LogP contribution is -2.23. The van der Waals surface area contributed by atoms with Crippen LogP contribution in [0.3, 0.4) is 0 Å². The number of oxazole rings is 1. The van der Waals surface area contributed by atoms with E-state index >= 15 is 0 Å². The van der Waals surface area contributed by atoms with Crippen molar-refractivity contribution in [2.75, 3.05) is 5.73 Å². The third-order valence-corrected chi connectivity index (χ3v) is 3.89. The van der Waals surface area contributed by atoms with Crippen LogP contribution in [-0.2, 0) is 30.0 Å². The summed E-state index contributed by atoms with van der Waals surface area (Å²) in [6.07, 6.45) is 3.61. The van der Waals surface area contributed by atoms with Crippen molar-refractivity contribution >= 4 is 15.8 Å². The van der Waals surface area contributed by atoms with E-state index < -0.39 is 10.0 Å². The lowest BCUT2D eigenvalue weighted by atomic mass is 10.4. The van der Waals surface area contributed by atoms with Crippen LogP contribution in [0.2, 0.25) is 0 Å². The fraction of sp³-hybridized carbons (Fsp3) is 0.400. The third-order valence-electron chi connectivity index (χ3n) is 2.47. The Morgan fingerprint density at radius 1 is 1.53 bits per heavy atom. The van der Waals surface area contributed by atoms with Gasteiger partial charge in [-0.05, 0) is 0 Å². The number of nitrogens with one attached hydrogen (secondary N) is 1. The Hall–Kier alpha value is -1.87. The SMILES string of the molecule is CCc1cnc(CNS(=O)(=O)c2cn(C)nc2N)o1. The molecule has 104 valence electrons. The van der Waals surface area contributed by atoms with Crippen LogP contribution in [0.1, 0.15) is 18.6 Å². The van der Waals surface area contributed by atoms with Gasteiger partial charge in [0.05, 0.1) is 12.7 Å². The molecule has 0 saturated heterocycles. The zero-order valence-corrected chi connectivity index (χ0v) is 11.4. The lowest BCUT2D eigenvalue weighted by molar-refractivity contribution is 0.452. The van der Waals surface area contributed by atoms with Crippen LogP contribution in [0.4, 0.5) is 5.82 Å². The molecule has 2 aromatic heterocycles. The van der Waals surface area contributed by atoms with Crippen LogP contribution < -0.4 is 10.5 Å². The summed E-state index contributed by atoms with van der Waals surface area (Å²) in [6, 6.07) is 0. The molecule has 0 aliphatic heterocycles. The molecule has 2 heterocycles. The number of hydrogen-bond acceptors (Lipinski definition) is 6. The highest BCUT2D eigenvalue weighted by Gasteiger charge is 2.21. The number of aryl methyl sites for hydroxylation is 2. The minimum Gasteiger partial charge on any atom is -0.444 e. The maximum atomic E-state index is 12.0. The van der Waals surface area contributed by atoms with Crippen molar-refractivity contribution in [3.8, 4) is 0 Å². The van der Waals surface area contributed by atoms with Crippen LogP contribution in [0.5, 0.6) is 0 Å². The summed E-state index contributed by atoms with van der Waals surface area (Å²) in [4.78, 5) is 3.91. The predicted molar refractivity (Wildman–Crippen MR) is 67.5 cm³/mol. The molecule has 8 nitrogen and oxygen atoms in total. The Balaban J connectivity index is 2.11. The molecule has 0 aliphatic rings. The molecular weight excluding hydrogens is 270 g/mol. The van der Waals surface area contributed by atoms with Crippen LogP contribution in [0.25, 0.3) is 0 Å². The summed E-state index contributed by atoms with van der Waals surface area (Å²) >= 11 is 0. The average Bonchev–Trinajstić information content (AvgIpc) is 2.93. The van der Waals surface area contributed by atoms with Gasteiger partial charge in [-0.25, -0.2) is 18.1 Å². The van der Waals surface area contributed by atoms with Gasteiger partial charge in [-0.2, -0.15) is 5.10 Å². The van der Waals surface area contributed by atoms with Gasteiger partial charge in [0.25, 0.3) is 0 Å². The van der Waals surface area contributed by atoms with Gasteiger partial charge in [0.2, 0.25) is 15.9 Å². The summed E-state index contributed by atoms with van der Waals surface area (Å²) in [5.74, 6) is 0.967. The molecule has 0 aromatic carbocycles. The van der Waals surface area contributed by atoms with Crippen LogP contribution >= 0.6 is 0 Å². The van der Waals surface area contributed by atoms with Crippen molar-refractivity contribution in [2.45, 2.75) is 24.8 Å². The zero-order chi connectivity index (χ0) is 14.0. The monoisotopic (exact) mass is 285 g/mol. The molecule has 0 amide bonds. The highest BCUT2D eigenvalue weighted by molar-refractivity contribution is 7.89. The molecule has 0 aliphatic carbocycles. The molecule has 2 aromatic rings. The van der Waals surface area contributed by atoms with Gasteiger partial charge in [0.15, 0.2) is 5.82 Å². The zero-order valence-electron chi connectivity index (χ0n) is 10.6. The first kappa shape index (κ1) is 13.6. The van der Waals surface area contributed by atoms with Crippen molar-refractivity contribution < 1.29 is 12.8 Å². The van der Waals surface area contributed by atoms with E-state index in [1.807, 2.05) is 6.92 Å². The van der Waals surface area contributed by atoms with E-state index in [2.05, 4.69) is 14.8 Å². The second kappa shape index (κ2) is 5.02. The molecular formula is C10H15N5O3S. The summed E-state index contributed by atoms with van der Waals surface area (Å²) in [5, 5.41) is 3.79.